The van der Waals surface area contributed by atoms with Gasteiger partial charge in [0.1, 0.15) is 5.75 Å². The van der Waals surface area contributed by atoms with Gasteiger partial charge in [-0.25, -0.2) is 13.1 Å². The fraction of sp³-hybridized carbons (Fsp3) is 0.515. The van der Waals surface area contributed by atoms with E-state index < -0.39 is 21.2 Å². The summed E-state index contributed by atoms with van der Waals surface area (Å²) in [5.74, 6) is -0.248. The number of hydrogen-bond acceptors (Lipinski definition) is 6. The highest BCUT2D eigenvalue weighted by atomic mass is 35.5. The Labute approximate surface area is 253 Å². The quantitative estimate of drug-likeness (QED) is 0.411. The Hall–Kier alpha value is -2.84. The lowest BCUT2D eigenvalue weighted by Gasteiger charge is -2.44. The Balaban J connectivity index is 1.43. The van der Waals surface area contributed by atoms with Crippen LogP contribution in [0.5, 0.6) is 5.75 Å². The maximum Gasteiger partial charge on any atom is 0.264 e. The number of rotatable bonds is 0. The van der Waals surface area contributed by atoms with Gasteiger partial charge >= 0.3 is 0 Å². The van der Waals surface area contributed by atoms with Crippen molar-refractivity contribution in [3.8, 4) is 5.75 Å². The Bertz CT molecular complexity index is 1560. The molecule has 224 valence electrons. The maximum absolute atomic E-state index is 13.4. The van der Waals surface area contributed by atoms with Gasteiger partial charge in [-0.15, -0.1) is 0 Å². The van der Waals surface area contributed by atoms with Gasteiger partial charge in [0, 0.05) is 35.0 Å². The molecule has 2 aliphatic heterocycles. The predicted octanol–water partition coefficient (Wildman–Crippen LogP) is 5.70. The molecule has 1 N–H and O–H groups in total. The molecule has 2 aromatic carbocycles. The average molecular weight is 611 g/mol. The molecule has 2 aliphatic carbocycles. The summed E-state index contributed by atoms with van der Waals surface area (Å²) in [6.07, 6.45) is 8.21. The van der Waals surface area contributed by atoms with Crippen LogP contribution in [0.4, 0.5) is 5.69 Å². The molecule has 1 fully saturated rings. The minimum absolute atomic E-state index is 0.0784. The first kappa shape index (κ1) is 29.2. The number of fused-ring (bicyclic) bond motifs is 4. The molecule has 42 heavy (non-hydrogen) atoms. The largest absolute Gasteiger partial charge is 0.490 e. The lowest BCUT2D eigenvalue weighted by atomic mass is 9.68. The second-order valence-electron chi connectivity index (χ2n) is 12.9. The molecular formula is C33H39ClN2O5S. The first-order valence-corrected chi connectivity index (χ1v) is 17.0. The third-order valence-electron chi connectivity index (χ3n) is 10.4. The predicted molar refractivity (Wildman–Crippen MR) is 165 cm³/mol. The zero-order valence-electron chi connectivity index (χ0n) is 24.4. The summed E-state index contributed by atoms with van der Waals surface area (Å²) in [4.78, 5) is 29.0. The summed E-state index contributed by atoms with van der Waals surface area (Å²) in [6.45, 7) is 7.16. The molecule has 1 saturated carbocycles. The van der Waals surface area contributed by atoms with Crippen LogP contribution in [0.25, 0.3) is 0 Å². The number of allylic oxidation sites excluding steroid dienone is 2. The van der Waals surface area contributed by atoms with Gasteiger partial charge in [-0.1, -0.05) is 37.6 Å². The molecule has 7 nitrogen and oxygen atoms in total. The molecule has 4 aliphatic rings. The van der Waals surface area contributed by atoms with Gasteiger partial charge in [-0.3, -0.25) is 9.59 Å². The van der Waals surface area contributed by atoms with Crippen molar-refractivity contribution < 1.29 is 22.7 Å². The van der Waals surface area contributed by atoms with Crippen molar-refractivity contribution in [2.75, 3.05) is 24.6 Å². The molecule has 2 bridgehead atoms. The zero-order valence-corrected chi connectivity index (χ0v) is 26.0. The number of aryl methyl sites for hydroxylation is 1. The van der Waals surface area contributed by atoms with Gasteiger partial charge in [-0.2, -0.15) is 0 Å². The van der Waals surface area contributed by atoms with Crippen molar-refractivity contribution in [1.82, 2.24) is 4.72 Å². The summed E-state index contributed by atoms with van der Waals surface area (Å²) in [5.41, 5.74) is 3.21. The third kappa shape index (κ3) is 5.25. The van der Waals surface area contributed by atoms with Crippen molar-refractivity contribution in [2.24, 2.45) is 23.7 Å². The molecular weight excluding hydrogens is 572 g/mol. The van der Waals surface area contributed by atoms with E-state index in [1.807, 2.05) is 26.0 Å². The van der Waals surface area contributed by atoms with Crippen molar-refractivity contribution in [3.05, 3.63) is 70.3 Å². The first-order valence-electron chi connectivity index (χ1n) is 15.1. The SMILES string of the molecule is C[C@@H]1[C@@H](C)S(=O)(=O)NC(=O)c2ccc3c(c2)N(C[C@@H]2CC[C@H]2C(=O)/C=C/[C@@H]1C)C[C@@]1(CCCc2cc(Cl)ccc21)CO3. The van der Waals surface area contributed by atoms with Crippen molar-refractivity contribution in [2.45, 2.75) is 63.5 Å². The lowest BCUT2D eigenvalue weighted by Crippen LogP contribution is -2.49. The van der Waals surface area contributed by atoms with E-state index in [0.29, 0.717) is 25.4 Å². The topological polar surface area (TPSA) is 92.8 Å². The van der Waals surface area contributed by atoms with Crippen LogP contribution < -0.4 is 14.4 Å². The molecule has 9 heteroatoms. The molecule has 2 aromatic rings. The van der Waals surface area contributed by atoms with Crippen LogP contribution in [0.3, 0.4) is 0 Å². The number of amides is 1. The van der Waals surface area contributed by atoms with Gasteiger partial charge in [0.05, 0.1) is 17.5 Å². The van der Waals surface area contributed by atoms with Crippen molar-refractivity contribution >= 4 is 39.0 Å². The molecule has 0 saturated heterocycles. The van der Waals surface area contributed by atoms with Crippen LogP contribution in [0, 0.1) is 23.7 Å². The van der Waals surface area contributed by atoms with Crippen LogP contribution in [0.15, 0.2) is 48.6 Å². The van der Waals surface area contributed by atoms with E-state index in [-0.39, 0.29) is 40.4 Å². The Morgan fingerprint density at radius 2 is 1.88 bits per heavy atom. The summed E-state index contributed by atoms with van der Waals surface area (Å²) in [6, 6.07) is 11.3. The standard InChI is InChI=1S/C33H39ClN2O5S/c1-20-6-12-30(37)27-10-7-25(27)17-36-18-33(14-4-5-23-15-26(34)9-11-28(23)33)19-41-31-13-8-24(16-29(31)36)32(38)35-42(39,40)22(3)21(20)2/h6,8-9,11-13,15-16,20-22,25,27H,4-5,7,10,14,17-19H2,1-3H3,(H,35,38)/b12-6+/t20-,21-,22+,25-,27+,33-/m0/s1. The maximum atomic E-state index is 13.4. The summed E-state index contributed by atoms with van der Waals surface area (Å²) >= 11 is 6.38. The molecule has 1 spiro atoms. The zero-order chi connectivity index (χ0) is 29.8. The number of ether oxygens (including phenoxy) is 1. The number of nitrogens with one attached hydrogen (secondary N) is 1. The van der Waals surface area contributed by atoms with Crippen LogP contribution in [-0.4, -0.2) is 45.1 Å². The minimum atomic E-state index is -3.97. The van der Waals surface area contributed by atoms with E-state index in [9.17, 15) is 18.0 Å². The molecule has 1 amide bonds. The van der Waals surface area contributed by atoms with Crippen LogP contribution in [0.1, 0.15) is 67.9 Å². The Morgan fingerprint density at radius 3 is 2.64 bits per heavy atom. The summed E-state index contributed by atoms with van der Waals surface area (Å²) in [7, 11) is -3.97. The highest BCUT2D eigenvalue weighted by Gasteiger charge is 2.44. The van der Waals surface area contributed by atoms with E-state index in [1.54, 1.807) is 31.2 Å². The molecule has 2 heterocycles. The molecule has 0 radical (unpaired) electrons. The molecule has 0 unspecified atom stereocenters. The van der Waals surface area contributed by atoms with Crippen LogP contribution in [0.2, 0.25) is 5.02 Å². The van der Waals surface area contributed by atoms with Gasteiger partial charge in [0.2, 0.25) is 10.0 Å². The Kier molecular flexibility index (Phi) is 7.67. The van der Waals surface area contributed by atoms with E-state index in [0.717, 1.165) is 42.8 Å². The molecule has 6 rings (SSSR count). The van der Waals surface area contributed by atoms with E-state index in [1.165, 1.54) is 11.1 Å². The number of benzene rings is 2. The van der Waals surface area contributed by atoms with Crippen molar-refractivity contribution in [1.29, 1.82) is 0 Å². The number of nitrogens with zero attached hydrogens (tertiary/aromatic N) is 1. The molecule has 0 aromatic heterocycles. The second-order valence-corrected chi connectivity index (χ2v) is 15.4. The number of carbonyl (C=O) groups excluding carboxylic acids is 2. The smallest absolute Gasteiger partial charge is 0.264 e. The van der Waals surface area contributed by atoms with Gasteiger partial charge in [-0.05, 0) is 104 Å². The fourth-order valence-corrected chi connectivity index (χ4v) is 8.81. The fourth-order valence-electron chi connectivity index (χ4n) is 7.24. The number of ketones is 1. The second kappa shape index (κ2) is 11.0. The monoisotopic (exact) mass is 610 g/mol. The van der Waals surface area contributed by atoms with Crippen LogP contribution >= 0.6 is 11.6 Å². The Morgan fingerprint density at radius 1 is 1.07 bits per heavy atom. The van der Waals surface area contributed by atoms with E-state index in [4.69, 9.17) is 16.3 Å². The van der Waals surface area contributed by atoms with Crippen LogP contribution in [-0.2, 0) is 26.7 Å². The highest BCUT2D eigenvalue weighted by Crippen LogP contribution is 2.46. The van der Waals surface area contributed by atoms with Gasteiger partial charge in [0.15, 0.2) is 5.78 Å². The van der Waals surface area contributed by atoms with Gasteiger partial charge < -0.3 is 9.64 Å². The third-order valence-corrected chi connectivity index (χ3v) is 12.5. The van der Waals surface area contributed by atoms with Gasteiger partial charge in [0.25, 0.3) is 5.91 Å². The lowest BCUT2D eigenvalue weighted by molar-refractivity contribution is -0.122. The number of anilines is 1. The summed E-state index contributed by atoms with van der Waals surface area (Å²) in [5, 5.41) is -0.109. The average Bonchev–Trinajstić information content (AvgIpc) is 3.09. The molecule has 6 atom stereocenters. The first-order chi connectivity index (χ1) is 20.0. The van der Waals surface area contributed by atoms with E-state index in [2.05, 4.69) is 21.8 Å². The minimum Gasteiger partial charge on any atom is -0.490 e. The number of carbonyl (C=O) groups is 2. The van der Waals surface area contributed by atoms with Crippen molar-refractivity contribution in [3.63, 3.8) is 0 Å². The normalized spacial score (nSPS) is 33.3. The highest BCUT2D eigenvalue weighted by molar-refractivity contribution is 7.90. The van der Waals surface area contributed by atoms with E-state index >= 15 is 0 Å². The number of sulfonamides is 1. The number of halogens is 1. The number of hydrogen-bond donors (Lipinski definition) is 1. The summed E-state index contributed by atoms with van der Waals surface area (Å²) < 4.78 is 35.3.